The van der Waals surface area contributed by atoms with Crippen LogP contribution in [0.2, 0.25) is 0 Å². The van der Waals surface area contributed by atoms with Gasteiger partial charge in [-0.25, -0.2) is 14.8 Å². The van der Waals surface area contributed by atoms with Crippen molar-refractivity contribution in [2.24, 2.45) is 0 Å². The van der Waals surface area contributed by atoms with Gasteiger partial charge in [0.25, 0.3) is 0 Å². The summed E-state index contributed by atoms with van der Waals surface area (Å²) in [6, 6.07) is 9.70. The van der Waals surface area contributed by atoms with E-state index in [0.29, 0.717) is 38.7 Å². The summed E-state index contributed by atoms with van der Waals surface area (Å²) >= 11 is 0. The quantitative estimate of drug-likeness (QED) is 0.503. The molecule has 3 amide bonds. The van der Waals surface area contributed by atoms with Crippen LogP contribution in [0, 0.1) is 13.8 Å². The first-order valence-electron chi connectivity index (χ1n) is 12.4. The van der Waals surface area contributed by atoms with Crippen molar-refractivity contribution in [1.82, 2.24) is 35.1 Å². The molecule has 1 aliphatic rings. The molecule has 0 saturated carbocycles. The van der Waals surface area contributed by atoms with Crippen molar-refractivity contribution < 1.29 is 9.59 Å². The smallest absolute Gasteiger partial charge is 0.317 e. The fourth-order valence-corrected chi connectivity index (χ4v) is 4.23. The Morgan fingerprint density at radius 3 is 2.61 bits per heavy atom. The van der Waals surface area contributed by atoms with Gasteiger partial charge in [0.05, 0.1) is 6.04 Å². The summed E-state index contributed by atoms with van der Waals surface area (Å²) in [6.07, 6.45) is 6.25. The second kappa shape index (κ2) is 11.7. The predicted molar refractivity (Wildman–Crippen MR) is 138 cm³/mol. The lowest BCUT2D eigenvalue weighted by Gasteiger charge is -2.42. The number of aryl methyl sites for hydroxylation is 2. The summed E-state index contributed by atoms with van der Waals surface area (Å²) in [7, 11) is 0. The van der Waals surface area contributed by atoms with E-state index in [9.17, 15) is 9.59 Å². The minimum absolute atomic E-state index is 0.0676. The minimum Gasteiger partial charge on any atom is -0.352 e. The molecule has 0 bridgehead atoms. The largest absolute Gasteiger partial charge is 0.352 e. The van der Waals surface area contributed by atoms with E-state index in [1.165, 1.54) is 5.56 Å². The number of hydrogen-bond donors (Lipinski definition) is 2. The van der Waals surface area contributed by atoms with Crippen LogP contribution < -0.4 is 15.5 Å². The van der Waals surface area contributed by atoms with Crippen LogP contribution in [0.1, 0.15) is 36.6 Å². The second-order valence-corrected chi connectivity index (χ2v) is 9.13. The van der Waals surface area contributed by atoms with Crippen molar-refractivity contribution in [1.29, 1.82) is 0 Å². The topological polar surface area (TPSA) is 108 Å². The van der Waals surface area contributed by atoms with Crippen molar-refractivity contribution in [3.05, 3.63) is 65.9 Å². The zero-order chi connectivity index (χ0) is 25.5. The van der Waals surface area contributed by atoms with Gasteiger partial charge in [0.15, 0.2) is 0 Å². The lowest BCUT2D eigenvalue weighted by molar-refractivity contribution is -0.121. The number of imidazole rings is 1. The maximum absolute atomic E-state index is 13.0. The number of hydrogen-bond acceptors (Lipinski definition) is 6. The number of nitrogens with zero attached hydrogens (tertiary/aromatic N) is 6. The Bertz CT molecular complexity index is 1160. The lowest BCUT2D eigenvalue weighted by atomic mass is 10.1. The molecule has 2 aromatic heterocycles. The van der Waals surface area contributed by atoms with Gasteiger partial charge in [0, 0.05) is 63.3 Å². The third kappa shape index (κ3) is 6.38. The van der Waals surface area contributed by atoms with Crippen LogP contribution >= 0.6 is 0 Å². The Labute approximate surface area is 211 Å². The van der Waals surface area contributed by atoms with Gasteiger partial charge >= 0.3 is 6.03 Å². The van der Waals surface area contributed by atoms with Crippen molar-refractivity contribution in [3.63, 3.8) is 0 Å². The summed E-state index contributed by atoms with van der Waals surface area (Å²) in [6.45, 7) is 8.60. The number of piperazine rings is 1. The van der Waals surface area contributed by atoms with Crippen molar-refractivity contribution >= 4 is 17.8 Å². The number of anilines is 1. The van der Waals surface area contributed by atoms with Gasteiger partial charge in [-0.3, -0.25) is 9.36 Å². The van der Waals surface area contributed by atoms with Gasteiger partial charge in [-0.2, -0.15) is 4.98 Å². The molecule has 1 atom stereocenters. The van der Waals surface area contributed by atoms with Crippen LogP contribution in [0.25, 0.3) is 5.95 Å². The molecule has 0 radical (unpaired) electrons. The first-order chi connectivity index (χ1) is 17.4. The van der Waals surface area contributed by atoms with Gasteiger partial charge in [0.1, 0.15) is 12.1 Å². The summed E-state index contributed by atoms with van der Waals surface area (Å²) in [4.78, 5) is 43.0. The van der Waals surface area contributed by atoms with Crippen LogP contribution in [0.4, 0.5) is 10.6 Å². The number of carbonyl (C=O) groups is 2. The molecular weight excluding hydrogens is 456 g/mol. The number of aromatic nitrogens is 4. The van der Waals surface area contributed by atoms with Crippen LogP contribution in [-0.4, -0.2) is 68.6 Å². The highest BCUT2D eigenvalue weighted by Gasteiger charge is 2.32. The van der Waals surface area contributed by atoms with Crippen molar-refractivity contribution in [2.45, 2.75) is 46.2 Å². The molecule has 0 spiro atoms. The number of carbonyl (C=O) groups excluding carboxylic acids is 2. The standard InChI is InChI=1S/C26H34N8O2/c1-4-9-28-26(36)32-12-13-34(23-14-20(3)30-25(31-23)33-11-10-27-18-33)22(17-32)15-24(35)29-16-21-7-5-19(2)6-8-21/h5-8,10-11,14,18,22H,4,9,12-13,15-17H2,1-3H3,(H,28,36)(H,29,35). The molecule has 190 valence electrons. The monoisotopic (exact) mass is 490 g/mol. The lowest BCUT2D eigenvalue weighted by Crippen LogP contribution is -2.58. The molecule has 10 heteroatoms. The van der Waals surface area contributed by atoms with Crippen LogP contribution in [0.15, 0.2) is 49.1 Å². The third-order valence-corrected chi connectivity index (χ3v) is 6.19. The summed E-state index contributed by atoms with van der Waals surface area (Å²) < 4.78 is 1.76. The van der Waals surface area contributed by atoms with Crippen LogP contribution in [-0.2, 0) is 11.3 Å². The van der Waals surface area contributed by atoms with E-state index in [4.69, 9.17) is 4.98 Å². The molecule has 3 aromatic rings. The maximum atomic E-state index is 13.0. The highest BCUT2D eigenvalue weighted by molar-refractivity contribution is 5.78. The number of rotatable bonds is 8. The van der Waals surface area contributed by atoms with E-state index in [-0.39, 0.29) is 24.4 Å². The Morgan fingerprint density at radius 2 is 1.89 bits per heavy atom. The predicted octanol–water partition coefficient (Wildman–Crippen LogP) is 2.60. The van der Waals surface area contributed by atoms with Crippen molar-refractivity contribution in [3.8, 4) is 5.95 Å². The third-order valence-electron chi connectivity index (χ3n) is 6.19. The number of urea groups is 1. The zero-order valence-corrected chi connectivity index (χ0v) is 21.1. The molecule has 36 heavy (non-hydrogen) atoms. The molecule has 3 heterocycles. The van der Waals surface area contributed by atoms with Crippen LogP contribution in [0.3, 0.4) is 0 Å². The molecule has 2 N–H and O–H groups in total. The molecule has 1 saturated heterocycles. The average Bonchev–Trinajstić information content (AvgIpc) is 3.42. The number of amides is 3. The van der Waals surface area contributed by atoms with E-state index in [0.717, 1.165) is 23.5 Å². The fraction of sp³-hybridized carbons (Fsp3) is 0.423. The van der Waals surface area contributed by atoms with Gasteiger partial charge in [-0.15, -0.1) is 0 Å². The zero-order valence-electron chi connectivity index (χ0n) is 21.1. The highest BCUT2D eigenvalue weighted by atomic mass is 16.2. The molecule has 10 nitrogen and oxygen atoms in total. The normalized spacial score (nSPS) is 15.6. The summed E-state index contributed by atoms with van der Waals surface area (Å²) in [5.41, 5.74) is 3.04. The molecule has 1 aromatic carbocycles. The van der Waals surface area contributed by atoms with Gasteiger partial charge in [-0.1, -0.05) is 36.8 Å². The van der Waals surface area contributed by atoms with E-state index in [2.05, 4.69) is 25.5 Å². The minimum atomic E-state index is -0.228. The Kier molecular flexibility index (Phi) is 8.14. The Morgan fingerprint density at radius 1 is 1.08 bits per heavy atom. The summed E-state index contributed by atoms with van der Waals surface area (Å²) in [5, 5.41) is 5.98. The summed E-state index contributed by atoms with van der Waals surface area (Å²) in [5.74, 6) is 1.19. The molecule has 1 aliphatic heterocycles. The van der Waals surface area contributed by atoms with Gasteiger partial charge < -0.3 is 20.4 Å². The van der Waals surface area contributed by atoms with E-state index in [1.54, 1.807) is 28.2 Å². The van der Waals surface area contributed by atoms with Gasteiger partial charge in [-0.05, 0) is 25.8 Å². The maximum Gasteiger partial charge on any atom is 0.317 e. The average molecular weight is 491 g/mol. The molecular formula is C26H34N8O2. The fourth-order valence-electron chi connectivity index (χ4n) is 4.23. The van der Waals surface area contributed by atoms with E-state index >= 15 is 0 Å². The number of nitrogens with one attached hydrogen (secondary N) is 2. The first kappa shape index (κ1) is 25.2. The Balaban J connectivity index is 1.52. The SMILES string of the molecule is CCCNC(=O)N1CCN(c2cc(C)nc(-n3ccnc3)n2)C(CC(=O)NCc2ccc(C)cc2)C1. The molecule has 1 unspecified atom stereocenters. The molecule has 1 fully saturated rings. The van der Waals surface area contributed by atoms with E-state index < -0.39 is 0 Å². The molecule has 4 rings (SSSR count). The van der Waals surface area contributed by atoms with Crippen molar-refractivity contribution in [2.75, 3.05) is 31.1 Å². The highest BCUT2D eigenvalue weighted by Crippen LogP contribution is 2.23. The molecule has 0 aliphatic carbocycles. The van der Waals surface area contributed by atoms with E-state index in [1.807, 2.05) is 51.1 Å². The number of benzene rings is 1. The first-order valence-corrected chi connectivity index (χ1v) is 12.4. The second-order valence-electron chi connectivity index (χ2n) is 9.13. The van der Waals surface area contributed by atoms with Gasteiger partial charge in [0.2, 0.25) is 11.9 Å². The van der Waals surface area contributed by atoms with Crippen LogP contribution in [0.5, 0.6) is 0 Å². The Hall–Kier alpha value is -3.95.